The molecule has 0 aliphatic heterocycles. The molecule has 0 spiro atoms. The molecule has 4 rings (SSSR count). The van der Waals surface area contributed by atoms with Crippen molar-refractivity contribution in [3.63, 3.8) is 0 Å². The molecule has 0 bridgehead atoms. The molecule has 0 aliphatic carbocycles. The van der Waals surface area contributed by atoms with Gasteiger partial charge in [-0.25, -0.2) is 0 Å². The van der Waals surface area contributed by atoms with E-state index >= 15 is 0 Å². The highest BCUT2D eigenvalue weighted by Gasteiger charge is 2.45. The van der Waals surface area contributed by atoms with Crippen molar-refractivity contribution in [1.29, 1.82) is 0 Å². The molecule has 0 nitrogen and oxygen atoms in total. The maximum atomic E-state index is 2.41. The summed E-state index contributed by atoms with van der Waals surface area (Å²) < 4.78 is 0. The van der Waals surface area contributed by atoms with Crippen molar-refractivity contribution in [1.82, 2.24) is 0 Å². The molecule has 150 valence electrons. The van der Waals surface area contributed by atoms with E-state index in [1.54, 1.807) is 0 Å². The predicted molar refractivity (Wildman–Crippen MR) is 134 cm³/mol. The first kappa shape index (κ1) is 20.6. The summed E-state index contributed by atoms with van der Waals surface area (Å²) in [6.07, 6.45) is 1.03. The SMILES string of the molecule is Cc1ccc(C[P+](c2cccc(C)c2)(c2cccc(C)c2)c2cccc(C)c2)cc1. The molecule has 0 radical (unpaired) electrons. The van der Waals surface area contributed by atoms with E-state index in [1.807, 2.05) is 0 Å². The van der Waals surface area contributed by atoms with E-state index in [9.17, 15) is 0 Å². The van der Waals surface area contributed by atoms with Crippen molar-refractivity contribution in [2.24, 2.45) is 0 Å². The Hall–Kier alpha value is -2.69. The Kier molecular flexibility index (Phi) is 5.89. The molecule has 0 aliphatic rings. The number of rotatable bonds is 5. The van der Waals surface area contributed by atoms with Crippen LogP contribution in [0.4, 0.5) is 0 Å². The zero-order chi connectivity index (χ0) is 21.1. The number of benzene rings is 4. The fourth-order valence-corrected chi connectivity index (χ4v) is 8.78. The normalized spacial score (nSPS) is 11.5. The Bertz CT molecular complexity index is 1040. The van der Waals surface area contributed by atoms with Gasteiger partial charge in [0.25, 0.3) is 0 Å². The van der Waals surface area contributed by atoms with Gasteiger partial charge in [0.2, 0.25) is 0 Å². The smallest absolute Gasteiger partial charge is 0.0590 e. The Balaban J connectivity index is 2.05. The predicted octanol–water partition coefficient (Wildman–Crippen LogP) is 6.41. The van der Waals surface area contributed by atoms with Crippen LogP contribution in [0.25, 0.3) is 0 Å². The second-order valence-corrected chi connectivity index (χ2v) is 12.0. The summed E-state index contributed by atoms with van der Waals surface area (Å²) in [5.41, 5.74) is 6.67. The van der Waals surface area contributed by atoms with Crippen molar-refractivity contribution < 1.29 is 0 Å². The molecule has 0 amide bonds. The minimum Gasteiger partial charge on any atom is -0.0590 e. The van der Waals surface area contributed by atoms with E-state index in [2.05, 4.69) is 125 Å². The average Bonchev–Trinajstić information content (AvgIpc) is 2.73. The highest BCUT2D eigenvalue weighted by atomic mass is 31.2. The lowest BCUT2D eigenvalue weighted by Gasteiger charge is -2.28. The molecule has 0 saturated heterocycles. The van der Waals surface area contributed by atoms with Gasteiger partial charge < -0.3 is 0 Å². The van der Waals surface area contributed by atoms with Crippen LogP contribution >= 0.6 is 7.26 Å². The first-order valence-corrected chi connectivity index (χ1v) is 12.6. The molecule has 0 saturated carbocycles. The zero-order valence-electron chi connectivity index (χ0n) is 18.4. The summed E-state index contributed by atoms with van der Waals surface area (Å²) in [6, 6.07) is 36.7. The molecular formula is C29H30P+. The fourth-order valence-electron chi connectivity index (χ4n) is 4.28. The monoisotopic (exact) mass is 409 g/mol. The van der Waals surface area contributed by atoms with Crippen LogP contribution in [0.1, 0.15) is 27.8 Å². The third-order valence-electron chi connectivity index (χ3n) is 5.87. The number of hydrogen-bond donors (Lipinski definition) is 0. The van der Waals surface area contributed by atoms with Gasteiger partial charge in [0.15, 0.2) is 0 Å². The molecule has 0 atom stereocenters. The fraction of sp³-hybridized carbons (Fsp3) is 0.172. The molecule has 30 heavy (non-hydrogen) atoms. The summed E-state index contributed by atoms with van der Waals surface area (Å²) in [7, 11) is -1.87. The highest BCUT2D eigenvalue weighted by Crippen LogP contribution is 2.58. The molecule has 4 aromatic carbocycles. The highest BCUT2D eigenvalue weighted by molar-refractivity contribution is 7.95. The van der Waals surface area contributed by atoms with E-state index < -0.39 is 7.26 Å². The lowest BCUT2D eigenvalue weighted by molar-refractivity contribution is 1.35. The quantitative estimate of drug-likeness (QED) is 0.334. The third kappa shape index (κ3) is 4.11. The molecule has 1 heteroatoms. The largest absolute Gasteiger partial charge is 0.116 e. The van der Waals surface area contributed by atoms with Crippen LogP contribution in [-0.4, -0.2) is 0 Å². The van der Waals surface area contributed by atoms with Crippen LogP contribution in [0.5, 0.6) is 0 Å². The molecule has 0 aromatic heterocycles. The van der Waals surface area contributed by atoms with Gasteiger partial charge in [-0.15, -0.1) is 0 Å². The summed E-state index contributed by atoms with van der Waals surface area (Å²) in [5, 5.41) is 4.37. The van der Waals surface area contributed by atoms with E-state index in [0.717, 1.165) is 6.16 Å². The van der Waals surface area contributed by atoms with Gasteiger partial charge in [-0.3, -0.25) is 0 Å². The Labute approximate surface area is 182 Å². The van der Waals surface area contributed by atoms with Gasteiger partial charge in [-0.1, -0.05) is 66.2 Å². The van der Waals surface area contributed by atoms with Crippen LogP contribution in [-0.2, 0) is 6.16 Å². The molecule has 0 unspecified atom stereocenters. The minimum atomic E-state index is -1.87. The van der Waals surface area contributed by atoms with E-state index in [-0.39, 0.29) is 0 Å². The standard InChI is InChI=1S/C29H30P/c1-22-14-16-26(17-15-22)21-30(27-11-5-8-23(2)18-27,28-12-6-9-24(3)19-28)29-13-7-10-25(4)20-29/h5-20H,21H2,1-4H3/q+1. The van der Waals surface area contributed by atoms with Crippen molar-refractivity contribution >= 4 is 23.2 Å². The summed E-state index contributed by atoms with van der Waals surface area (Å²) >= 11 is 0. The molecule has 0 fully saturated rings. The Morgan fingerprint density at radius 3 is 1.23 bits per heavy atom. The number of aryl methyl sites for hydroxylation is 4. The van der Waals surface area contributed by atoms with Gasteiger partial charge in [0.1, 0.15) is 23.2 Å². The summed E-state index contributed by atoms with van der Waals surface area (Å²) in [5.74, 6) is 0. The van der Waals surface area contributed by atoms with Crippen LogP contribution in [0.15, 0.2) is 97.1 Å². The van der Waals surface area contributed by atoms with Crippen LogP contribution in [0, 0.1) is 27.7 Å². The second-order valence-electron chi connectivity index (χ2n) is 8.47. The second kappa shape index (κ2) is 8.58. The van der Waals surface area contributed by atoms with Gasteiger partial charge >= 0.3 is 0 Å². The molecule has 4 aromatic rings. The minimum absolute atomic E-state index is 1.03. The van der Waals surface area contributed by atoms with Gasteiger partial charge in [0, 0.05) is 0 Å². The maximum absolute atomic E-state index is 2.41. The molecule has 0 heterocycles. The lowest BCUT2D eigenvalue weighted by atomic mass is 10.2. The first-order valence-electron chi connectivity index (χ1n) is 10.6. The van der Waals surface area contributed by atoms with Crippen molar-refractivity contribution in [3.8, 4) is 0 Å². The van der Waals surface area contributed by atoms with E-state index in [1.165, 1.54) is 43.7 Å². The lowest BCUT2D eigenvalue weighted by Crippen LogP contribution is -2.33. The van der Waals surface area contributed by atoms with Crippen LogP contribution in [0.2, 0.25) is 0 Å². The zero-order valence-corrected chi connectivity index (χ0v) is 19.3. The van der Waals surface area contributed by atoms with Gasteiger partial charge in [0.05, 0.1) is 6.16 Å². The Morgan fingerprint density at radius 2 is 0.867 bits per heavy atom. The topological polar surface area (TPSA) is 0 Å². The maximum Gasteiger partial charge on any atom is 0.116 e. The van der Waals surface area contributed by atoms with Crippen molar-refractivity contribution in [2.75, 3.05) is 0 Å². The summed E-state index contributed by atoms with van der Waals surface area (Å²) in [6.45, 7) is 8.78. The third-order valence-corrected chi connectivity index (χ3v) is 10.2. The first-order chi connectivity index (χ1) is 14.5. The Morgan fingerprint density at radius 1 is 0.467 bits per heavy atom. The summed E-state index contributed by atoms with van der Waals surface area (Å²) in [4.78, 5) is 0. The van der Waals surface area contributed by atoms with E-state index in [0.29, 0.717) is 0 Å². The van der Waals surface area contributed by atoms with Crippen molar-refractivity contribution in [3.05, 3.63) is 125 Å². The number of hydrogen-bond acceptors (Lipinski definition) is 0. The van der Waals surface area contributed by atoms with Crippen LogP contribution in [0.3, 0.4) is 0 Å². The average molecular weight is 410 g/mol. The molecular weight excluding hydrogens is 379 g/mol. The molecule has 0 N–H and O–H groups in total. The van der Waals surface area contributed by atoms with E-state index in [4.69, 9.17) is 0 Å². The van der Waals surface area contributed by atoms with Gasteiger partial charge in [-0.2, -0.15) is 0 Å². The van der Waals surface area contributed by atoms with Crippen molar-refractivity contribution in [2.45, 2.75) is 33.9 Å². The van der Waals surface area contributed by atoms with Gasteiger partial charge in [-0.05, 0) is 86.3 Å². The van der Waals surface area contributed by atoms with Crippen LogP contribution < -0.4 is 15.9 Å².